The van der Waals surface area contributed by atoms with Crippen molar-refractivity contribution in [2.24, 2.45) is 5.92 Å². The van der Waals surface area contributed by atoms with E-state index in [1.54, 1.807) is 5.57 Å². The van der Waals surface area contributed by atoms with E-state index >= 15 is 0 Å². The van der Waals surface area contributed by atoms with Gasteiger partial charge in [-0.3, -0.25) is 0 Å². The molecule has 0 saturated heterocycles. The SMILES string of the molecule is CC(C)C1=Cc2c(cccc2-c2ccccc2)C1.[Cl][Zr][Cl]. The van der Waals surface area contributed by atoms with Gasteiger partial charge in [0.15, 0.2) is 0 Å². The second-order valence-electron chi connectivity index (χ2n) is 5.37. The molecule has 0 spiro atoms. The molecule has 1 aliphatic carbocycles. The van der Waals surface area contributed by atoms with Gasteiger partial charge in [0.05, 0.1) is 0 Å². The van der Waals surface area contributed by atoms with E-state index in [1.807, 2.05) is 0 Å². The number of halogens is 2. The van der Waals surface area contributed by atoms with Crippen molar-refractivity contribution in [3.63, 3.8) is 0 Å². The van der Waals surface area contributed by atoms with Crippen LogP contribution in [0.25, 0.3) is 17.2 Å². The number of fused-ring (bicyclic) bond motifs is 1. The Kier molecular flexibility index (Phi) is 6.74. The Bertz CT molecular complexity index is 618. The Morgan fingerprint density at radius 1 is 0.952 bits per heavy atom. The molecule has 0 fully saturated rings. The van der Waals surface area contributed by atoms with Crippen molar-refractivity contribution in [3.8, 4) is 11.1 Å². The van der Waals surface area contributed by atoms with Gasteiger partial charge in [0.2, 0.25) is 0 Å². The first kappa shape index (κ1) is 17.0. The molecule has 0 atom stereocenters. The van der Waals surface area contributed by atoms with E-state index in [0.717, 1.165) is 6.42 Å². The maximum atomic E-state index is 4.93. The van der Waals surface area contributed by atoms with E-state index in [9.17, 15) is 0 Å². The molecule has 0 nitrogen and oxygen atoms in total. The number of hydrogen-bond acceptors (Lipinski definition) is 0. The number of benzene rings is 2. The third kappa shape index (κ3) is 4.32. The third-order valence-electron chi connectivity index (χ3n) is 3.75. The quantitative estimate of drug-likeness (QED) is 0.557. The first-order valence-corrected chi connectivity index (χ1v) is 13.3. The Hall–Kier alpha value is -0.357. The molecule has 0 saturated carbocycles. The van der Waals surface area contributed by atoms with Crippen LogP contribution in [0.2, 0.25) is 0 Å². The van der Waals surface area contributed by atoms with Crippen LogP contribution >= 0.6 is 17.0 Å². The minimum absolute atomic E-state index is 0.640. The monoisotopic (exact) mass is 394 g/mol. The van der Waals surface area contributed by atoms with Gasteiger partial charge >= 0.3 is 37.9 Å². The molecule has 0 aliphatic heterocycles. The molecule has 0 amide bonds. The second kappa shape index (κ2) is 8.32. The predicted octanol–water partition coefficient (Wildman–Crippen LogP) is 6.33. The van der Waals surface area contributed by atoms with Crippen LogP contribution in [0.4, 0.5) is 0 Å². The third-order valence-corrected chi connectivity index (χ3v) is 3.75. The maximum absolute atomic E-state index is 4.93. The summed E-state index contributed by atoms with van der Waals surface area (Å²) in [6, 6.07) is 17.3. The summed E-state index contributed by atoms with van der Waals surface area (Å²) in [6.07, 6.45) is 3.51. The fourth-order valence-electron chi connectivity index (χ4n) is 2.63. The van der Waals surface area contributed by atoms with Gasteiger partial charge in [-0.1, -0.05) is 74.0 Å². The van der Waals surface area contributed by atoms with Gasteiger partial charge in [-0.25, -0.2) is 0 Å². The van der Waals surface area contributed by atoms with Crippen LogP contribution < -0.4 is 0 Å². The first-order valence-electron chi connectivity index (χ1n) is 7.01. The topological polar surface area (TPSA) is 0 Å². The summed E-state index contributed by atoms with van der Waals surface area (Å²) in [5, 5.41) is 0. The van der Waals surface area contributed by atoms with Crippen molar-refractivity contribution in [3.05, 3.63) is 65.2 Å². The molecule has 0 N–H and O–H groups in total. The second-order valence-corrected chi connectivity index (χ2v) is 9.10. The van der Waals surface area contributed by atoms with Crippen molar-refractivity contribution in [1.29, 1.82) is 0 Å². The van der Waals surface area contributed by atoms with E-state index in [1.165, 1.54) is 22.3 Å². The average molecular weight is 396 g/mol. The average Bonchev–Trinajstić information content (AvgIpc) is 2.93. The first-order chi connectivity index (χ1) is 10.2. The summed E-state index contributed by atoms with van der Waals surface area (Å²) < 4.78 is 0. The van der Waals surface area contributed by atoms with Crippen molar-refractivity contribution >= 4 is 23.1 Å². The number of rotatable bonds is 2. The van der Waals surface area contributed by atoms with Gasteiger partial charge in [-0.15, -0.1) is 0 Å². The van der Waals surface area contributed by atoms with Crippen molar-refractivity contribution in [1.82, 2.24) is 0 Å². The Balaban J connectivity index is 0.000000497. The van der Waals surface area contributed by atoms with E-state index in [4.69, 9.17) is 17.0 Å². The molecule has 0 heterocycles. The molecule has 2 aromatic carbocycles. The summed E-state index contributed by atoms with van der Waals surface area (Å²) >= 11 is -0.826. The van der Waals surface area contributed by atoms with E-state index < -0.39 is 20.8 Å². The fraction of sp³-hybridized carbons (Fsp3) is 0.222. The van der Waals surface area contributed by atoms with E-state index in [2.05, 4.69) is 68.5 Å². The molecule has 2 aromatic rings. The Morgan fingerprint density at radius 3 is 2.24 bits per heavy atom. The van der Waals surface area contributed by atoms with Crippen LogP contribution in [0.5, 0.6) is 0 Å². The van der Waals surface area contributed by atoms with Crippen molar-refractivity contribution < 1.29 is 20.8 Å². The Labute approximate surface area is 145 Å². The molecule has 1 aliphatic rings. The molecule has 3 heteroatoms. The van der Waals surface area contributed by atoms with Gasteiger partial charge in [-0.2, -0.15) is 0 Å². The van der Waals surface area contributed by atoms with Gasteiger partial charge in [-0.05, 0) is 34.6 Å². The molecule has 0 bridgehead atoms. The molecule has 21 heavy (non-hydrogen) atoms. The summed E-state index contributed by atoms with van der Waals surface area (Å²) in [4.78, 5) is 0. The molecular weight excluding hydrogens is 378 g/mol. The fourth-order valence-corrected chi connectivity index (χ4v) is 2.63. The van der Waals surface area contributed by atoms with Crippen molar-refractivity contribution in [2.75, 3.05) is 0 Å². The molecule has 108 valence electrons. The van der Waals surface area contributed by atoms with Crippen LogP contribution in [-0.2, 0) is 27.3 Å². The zero-order chi connectivity index (χ0) is 15.2. The van der Waals surface area contributed by atoms with Crippen molar-refractivity contribution in [2.45, 2.75) is 20.3 Å². The molecule has 3 rings (SSSR count). The predicted molar refractivity (Wildman–Crippen MR) is 90.1 cm³/mol. The standard InChI is InChI=1S/C18H18.2ClH.Zr/c1-13(2)16-11-15-9-6-10-17(18(15)12-16)14-7-4-3-5-8-14;;;/h3-10,12-13H,11H2,1-2H3;2*1H;/q;;;+2/p-2. The summed E-state index contributed by atoms with van der Waals surface area (Å²) in [5.41, 5.74) is 7.13. The minimum atomic E-state index is -0.826. The zero-order valence-corrected chi connectivity index (χ0v) is 16.2. The molecule has 0 unspecified atom stereocenters. The van der Waals surface area contributed by atoms with Gasteiger partial charge in [0.1, 0.15) is 0 Å². The number of hydrogen-bond donors (Lipinski definition) is 0. The van der Waals surface area contributed by atoms with Crippen LogP contribution in [0.15, 0.2) is 54.1 Å². The van der Waals surface area contributed by atoms with Gasteiger partial charge in [0.25, 0.3) is 0 Å². The van der Waals surface area contributed by atoms with Crippen LogP contribution in [-0.4, -0.2) is 0 Å². The Morgan fingerprint density at radius 2 is 1.62 bits per heavy atom. The summed E-state index contributed by atoms with van der Waals surface area (Å²) in [5.74, 6) is 0.640. The molecule has 0 aromatic heterocycles. The van der Waals surface area contributed by atoms with Gasteiger partial charge in [0, 0.05) is 0 Å². The van der Waals surface area contributed by atoms with Gasteiger partial charge < -0.3 is 0 Å². The normalized spacial score (nSPS) is 12.3. The summed E-state index contributed by atoms with van der Waals surface area (Å²) in [6.45, 7) is 4.56. The van der Waals surface area contributed by atoms with E-state index in [-0.39, 0.29) is 0 Å². The summed E-state index contributed by atoms with van der Waals surface area (Å²) in [7, 11) is 9.87. The van der Waals surface area contributed by atoms with Crippen LogP contribution in [0, 0.1) is 5.92 Å². The van der Waals surface area contributed by atoms with Crippen LogP contribution in [0.3, 0.4) is 0 Å². The molecule has 0 radical (unpaired) electrons. The van der Waals surface area contributed by atoms with E-state index in [0.29, 0.717) is 5.92 Å². The van der Waals surface area contributed by atoms with Crippen LogP contribution in [0.1, 0.15) is 25.0 Å². The number of allylic oxidation sites excluding steroid dienone is 1. The zero-order valence-electron chi connectivity index (χ0n) is 12.2. The molecular formula is C18H18Cl2Zr.